The number of halogens is 3. The van der Waals surface area contributed by atoms with Crippen LogP contribution in [-0.4, -0.2) is 12.1 Å². The highest BCUT2D eigenvalue weighted by Crippen LogP contribution is 2.24. The number of alkyl halides is 3. The van der Waals surface area contributed by atoms with E-state index < -0.39 is 17.9 Å². The summed E-state index contributed by atoms with van der Waals surface area (Å²) in [6, 6.07) is 7.91. The van der Waals surface area contributed by atoms with Gasteiger partial charge in [0.15, 0.2) is 5.76 Å². The molecular formula is C13H9F3O3. The van der Waals surface area contributed by atoms with Crippen molar-refractivity contribution < 1.29 is 27.1 Å². The van der Waals surface area contributed by atoms with Gasteiger partial charge >= 0.3 is 6.36 Å². The Hall–Kier alpha value is -2.24. The average molecular weight is 270 g/mol. The normalized spacial score (nSPS) is 11.4. The lowest BCUT2D eigenvalue weighted by molar-refractivity contribution is -0.274. The maximum Gasteiger partial charge on any atom is 0.573 e. The largest absolute Gasteiger partial charge is 0.573 e. The summed E-state index contributed by atoms with van der Waals surface area (Å²) in [6.45, 7) is 1.67. The van der Waals surface area contributed by atoms with Gasteiger partial charge in [-0.1, -0.05) is 12.1 Å². The minimum absolute atomic E-state index is 0.0658. The van der Waals surface area contributed by atoms with Crippen LogP contribution in [0.15, 0.2) is 40.8 Å². The Morgan fingerprint density at radius 1 is 1.21 bits per heavy atom. The molecule has 1 aromatic carbocycles. The molecule has 6 heteroatoms. The summed E-state index contributed by atoms with van der Waals surface area (Å²) in [5.74, 6) is -0.324. The first-order chi connectivity index (χ1) is 8.85. The lowest BCUT2D eigenvalue weighted by atomic mass is 10.1. The van der Waals surface area contributed by atoms with Gasteiger partial charge in [-0.2, -0.15) is 0 Å². The molecule has 0 spiro atoms. The smallest absolute Gasteiger partial charge is 0.458 e. The highest BCUT2D eigenvalue weighted by Gasteiger charge is 2.31. The third kappa shape index (κ3) is 3.37. The Morgan fingerprint density at radius 3 is 2.53 bits per heavy atom. The Balaban J connectivity index is 2.26. The van der Waals surface area contributed by atoms with Crippen LogP contribution < -0.4 is 4.74 Å². The van der Waals surface area contributed by atoms with Gasteiger partial charge in [-0.05, 0) is 31.2 Å². The summed E-state index contributed by atoms with van der Waals surface area (Å²) in [5.41, 5.74) is 0.0658. The molecule has 0 fully saturated rings. The van der Waals surface area contributed by atoms with E-state index in [1.165, 1.54) is 18.2 Å². The zero-order valence-electron chi connectivity index (χ0n) is 9.82. The van der Waals surface area contributed by atoms with Crippen molar-refractivity contribution in [1.82, 2.24) is 0 Å². The molecule has 0 atom stereocenters. The van der Waals surface area contributed by atoms with Crippen molar-refractivity contribution in [2.24, 2.45) is 0 Å². The summed E-state index contributed by atoms with van der Waals surface area (Å²) in [4.78, 5) is 11.9. The molecule has 0 radical (unpaired) electrons. The van der Waals surface area contributed by atoms with Gasteiger partial charge in [0.2, 0.25) is 5.78 Å². The highest BCUT2D eigenvalue weighted by molar-refractivity contribution is 6.07. The summed E-state index contributed by atoms with van der Waals surface area (Å²) in [7, 11) is 0. The topological polar surface area (TPSA) is 39.4 Å². The van der Waals surface area contributed by atoms with Crippen LogP contribution in [0, 0.1) is 6.92 Å². The summed E-state index contributed by atoms with van der Waals surface area (Å²) in [5, 5.41) is 0. The fourth-order valence-electron chi connectivity index (χ4n) is 1.53. The van der Waals surface area contributed by atoms with Crippen LogP contribution in [-0.2, 0) is 0 Å². The van der Waals surface area contributed by atoms with E-state index in [-0.39, 0.29) is 11.3 Å². The van der Waals surface area contributed by atoms with Crippen LogP contribution in [0.5, 0.6) is 5.75 Å². The summed E-state index contributed by atoms with van der Waals surface area (Å²) >= 11 is 0. The molecule has 0 saturated heterocycles. The monoisotopic (exact) mass is 270 g/mol. The second kappa shape index (κ2) is 4.79. The van der Waals surface area contributed by atoms with E-state index in [0.717, 1.165) is 12.1 Å². The zero-order valence-corrected chi connectivity index (χ0v) is 9.82. The molecule has 0 bridgehead atoms. The van der Waals surface area contributed by atoms with Gasteiger partial charge in [0.25, 0.3) is 0 Å². The van der Waals surface area contributed by atoms with Gasteiger partial charge in [0.05, 0.1) is 0 Å². The van der Waals surface area contributed by atoms with E-state index >= 15 is 0 Å². The molecule has 100 valence electrons. The maximum atomic E-state index is 12.1. The van der Waals surface area contributed by atoms with Gasteiger partial charge < -0.3 is 9.15 Å². The second-order valence-electron chi connectivity index (χ2n) is 3.82. The number of carbonyl (C=O) groups is 1. The van der Waals surface area contributed by atoms with Crippen LogP contribution in [0.3, 0.4) is 0 Å². The number of hydrogen-bond acceptors (Lipinski definition) is 3. The maximum absolute atomic E-state index is 12.1. The Labute approximate surface area is 106 Å². The molecule has 2 aromatic rings. The van der Waals surface area contributed by atoms with Crippen molar-refractivity contribution in [3.63, 3.8) is 0 Å². The molecule has 0 aliphatic heterocycles. The third-order valence-corrected chi connectivity index (χ3v) is 2.29. The number of ketones is 1. The predicted molar refractivity (Wildman–Crippen MR) is 60.0 cm³/mol. The molecule has 2 rings (SSSR count). The average Bonchev–Trinajstić information content (AvgIpc) is 2.73. The zero-order chi connectivity index (χ0) is 14.0. The number of rotatable bonds is 3. The first kappa shape index (κ1) is 13.2. The highest BCUT2D eigenvalue weighted by atomic mass is 19.4. The minimum Gasteiger partial charge on any atom is -0.458 e. The van der Waals surface area contributed by atoms with E-state index in [9.17, 15) is 18.0 Å². The van der Waals surface area contributed by atoms with Gasteiger partial charge in [-0.25, -0.2) is 0 Å². The number of furan rings is 1. The number of ether oxygens (including phenoxy) is 1. The van der Waals surface area contributed by atoms with Crippen molar-refractivity contribution in [3.8, 4) is 5.75 Å². The van der Waals surface area contributed by atoms with Crippen LogP contribution in [0.2, 0.25) is 0 Å². The van der Waals surface area contributed by atoms with E-state index in [0.29, 0.717) is 5.76 Å². The Bertz CT molecular complexity index is 599. The van der Waals surface area contributed by atoms with Gasteiger partial charge in [-0.15, -0.1) is 13.2 Å². The predicted octanol–water partition coefficient (Wildman–Crippen LogP) is 3.72. The quantitative estimate of drug-likeness (QED) is 0.798. The van der Waals surface area contributed by atoms with Crippen LogP contribution in [0.1, 0.15) is 21.9 Å². The fourth-order valence-corrected chi connectivity index (χ4v) is 1.53. The van der Waals surface area contributed by atoms with Crippen LogP contribution in [0.25, 0.3) is 0 Å². The standard InChI is InChI=1S/C13H9F3O3/c1-8-5-6-11(18-8)12(17)9-3-2-4-10(7-9)19-13(14,15)16/h2-7H,1H3. The summed E-state index contributed by atoms with van der Waals surface area (Å²) in [6.07, 6.45) is -4.79. The first-order valence-corrected chi connectivity index (χ1v) is 5.32. The van der Waals surface area contributed by atoms with Crippen molar-refractivity contribution in [1.29, 1.82) is 0 Å². The lowest BCUT2D eigenvalue weighted by Crippen LogP contribution is -2.17. The molecule has 0 N–H and O–H groups in total. The Kier molecular flexibility index (Phi) is 3.33. The lowest BCUT2D eigenvalue weighted by Gasteiger charge is -2.09. The van der Waals surface area contributed by atoms with Crippen molar-refractivity contribution >= 4 is 5.78 Å². The van der Waals surface area contributed by atoms with Crippen LogP contribution >= 0.6 is 0 Å². The molecule has 3 nitrogen and oxygen atoms in total. The Morgan fingerprint density at radius 2 is 1.95 bits per heavy atom. The molecule has 0 aliphatic rings. The SMILES string of the molecule is Cc1ccc(C(=O)c2cccc(OC(F)(F)F)c2)o1. The molecular weight excluding hydrogens is 261 g/mol. The molecule has 1 aromatic heterocycles. The molecule has 19 heavy (non-hydrogen) atoms. The number of benzene rings is 1. The summed E-state index contributed by atoms with van der Waals surface area (Å²) < 4.78 is 45.1. The molecule has 0 amide bonds. The number of carbonyl (C=O) groups excluding carboxylic acids is 1. The van der Waals surface area contributed by atoms with Crippen LogP contribution in [0.4, 0.5) is 13.2 Å². The van der Waals surface area contributed by atoms with E-state index in [1.807, 2.05) is 0 Å². The van der Waals surface area contributed by atoms with Crippen molar-refractivity contribution in [3.05, 3.63) is 53.5 Å². The molecule has 1 heterocycles. The number of aryl methyl sites for hydroxylation is 1. The molecule has 0 aliphatic carbocycles. The molecule has 0 saturated carbocycles. The van der Waals surface area contributed by atoms with E-state index in [2.05, 4.69) is 4.74 Å². The van der Waals surface area contributed by atoms with E-state index in [1.54, 1.807) is 13.0 Å². The van der Waals surface area contributed by atoms with Crippen molar-refractivity contribution in [2.45, 2.75) is 13.3 Å². The minimum atomic E-state index is -4.79. The van der Waals surface area contributed by atoms with Gasteiger partial charge in [0, 0.05) is 5.56 Å². The first-order valence-electron chi connectivity index (χ1n) is 5.32. The fraction of sp³-hybridized carbons (Fsp3) is 0.154. The van der Waals surface area contributed by atoms with Crippen molar-refractivity contribution in [2.75, 3.05) is 0 Å². The molecule has 0 unspecified atom stereocenters. The van der Waals surface area contributed by atoms with Gasteiger partial charge in [0.1, 0.15) is 11.5 Å². The third-order valence-electron chi connectivity index (χ3n) is 2.29. The van der Waals surface area contributed by atoms with E-state index in [4.69, 9.17) is 4.42 Å². The number of hydrogen-bond donors (Lipinski definition) is 0. The second-order valence-corrected chi connectivity index (χ2v) is 3.82. The van der Waals surface area contributed by atoms with Gasteiger partial charge in [-0.3, -0.25) is 4.79 Å².